The van der Waals surface area contributed by atoms with Crippen molar-refractivity contribution in [2.45, 2.75) is 25.4 Å². The summed E-state index contributed by atoms with van der Waals surface area (Å²) in [6.07, 6.45) is 2.26. The highest BCUT2D eigenvalue weighted by Crippen LogP contribution is 2.20. The van der Waals surface area contributed by atoms with Crippen molar-refractivity contribution in [3.8, 4) is 0 Å². The van der Waals surface area contributed by atoms with Crippen molar-refractivity contribution < 1.29 is 9.53 Å². The van der Waals surface area contributed by atoms with Crippen LogP contribution in [0.5, 0.6) is 0 Å². The van der Waals surface area contributed by atoms with Crippen LogP contribution < -0.4 is 11.1 Å². The average Bonchev–Trinajstić information content (AvgIpc) is 2.99. The molecular weight excluding hydrogens is 357 g/mol. The lowest BCUT2D eigenvalue weighted by atomic mass is 9.96. The molecule has 2 rings (SSSR count). The molecule has 1 saturated heterocycles. The molecule has 1 atom stereocenters. The van der Waals surface area contributed by atoms with Crippen molar-refractivity contribution in [3.05, 3.63) is 22.4 Å². The molecule has 0 saturated carbocycles. The molecular formula is C15H27Cl2N3O2S. The molecule has 8 heteroatoms. The Morgan fingerprint density at radius 2 is 2.17 bits per heavy atom. The number of thiophene rings is 1. The Morgan fingerprint density at radius 3 is 2.74 bits per heavy atom. The van der Waals surface area contributed by atoms with E-state index in [1.807, 2.05) is 11.3 Å². The summed E-state index contributed by atoms with van der Waals surface area (Å²) in [6.45, 7) is 4.24. The number of carbonyl (C=O) groups is 1. The van der Waals surface area contributed by atoms with Gasteiger partial charge < -0.3 is 15.8 Å². The first-order valence-corrected chi connectivity index (χ1v) is 8.34. The maximum absolute atomic E-state index is 11.7. The fourth-order valence-corrected chi connectivity index (χ4v) is 3.35. The number of amides is 1. The van der Waals surface area contributed by atoms with E-state index in [4.69, 9.17) is 10.5 Å². The van der Waals surface area contributed by atoms with E-state index in [1.54, 1.807) is 7.11 Å². The van der Waals surface area contributed by atoms with E-state index in [9.17, 15) is 4.79 Å². The zero-order valence-electron chi connectivity index (χ0n) is 13.4. The van der Waals surface area contributed by atoms with Crippen LogP contribution in [-0.2, 0) is 16.1 Å². The smallest absolute Gasteiger partial charge is 0.239 e. The molecule has 1 aliphatic rings. The van der Waals surface area contributed by atoms with E-state index >= 15 is 0 Å². The monoisotopic (exact) mass is 383 g/mol. The second-order valence-corrected chi connectivity index (χ2v) is 6.64. The predicted octanol–water partition coefficient (Wildman–Crippen LogP) is 1.89. The maximum atomic E-state index is 11.7. The largest absolute Gasteiger partial charge is 0.383 e. The van der Waals surface area contributed by atoms with Crippen molar-refractivity contribution >= 4 is 42.1 Å². The average molecular weight is 384 g/mol. The summed E-state index contributed by atoms with van der Waals surface area (Å²) >= 11 is 1.81. The third kappa shape index (κ3) is 7.83. The quantitative estimate of drug-likeness (QED) is 0.754. The first-order valence-electron chi connectivity index (χ1n) is 7.46. The van der Waals surface area contributed by atoms with Crippen LogP contribution in [0.15, 0.2) is 17.5 Å². The number of carbonyl (C=O) groups excluding carboxylic acids is 1. The fraction of sp³-hybridized carbons (Fsp3) is 0.667. The van der Waals surface area contributed by atoms with Gasteiger partial charge in [-0.2, -0.15) is 0 Å². The molecule has 0 aromatic carbocycles. The van der Waals surface area contributed by atoms with E-state index in [0.29, 0.717) is 5.92 Å². The lowest BCUT2D eigenvalue weighted by molar-refractivity contribution is -0.123. The van der Waals surface area contributed by atoms with Crippen molar-refractivity contribution in [1.82, 2.24) is 10.2 Å². The minimum atomic E-state index is -0.561. The van der Waals surface area contributed by atoms with Gasteiger partial charge in [-0.05, 0) is 43.3 Å². The normalized spacial score (nSPS) is 17.0. The van der Waals surface area contributed by atoms with Gasteiger partial charge in [-0.1, -0.05) is 6.07 Å². The summed E-state index contributed by atoms with van der Waals surface area (Å²) in [5.41, 5.74) is 5.70. The summed E-state index contributed by atoms with van der Waals surface area (Å²) in [5, 5.41) is 5.06. The van der Waals surface area contributed by atoms with Gasteiger partial charge in [0.1, 0.15) is 6.04 Å². The molecule has 1 fully saturated rings. The molecule has 0 bridgehead atoms. The number of piperidine rings is 1. The summed E-state index contributed by atoms with van der Waals surface area (Å²) in [6, 6.07) is 3.73. The first kappa shape index (κ1) is 22.6. The van der Waals surface area contributed by atoms with E-state index in [0.717, 1.165) is 39.0 Å². The molecule has 0 aliphatic carbocycles. The molecule has 2 heterocycles. The SMILES string of the molecule is COCC(N)C(=O)NCC1CCN(Cc2cccs2)CC1.Cl.Cl. The number of ether oxygens (including phenoxy) is 1. The van der Waals surface area contributed by atoms with Crippen molar-refractivity contribution in [1.29, 1.82) is 0 Å². The van der Waals surface area contributed by atoms with Gasteiger partial charge in [0, 0.05) is 25.1 Å². The van der Waals surface area contributed by atoms with Crippen LogP contribution >= 0.6 is 36.2 Å². The van der Waals surface area contributed by atoms with Gasteiger partial charge >= 0.3 is 0 Å². The molecule has 1 amide bonds. The summed E-state index contributed by atoms with van der Waals surface area (Å²) in [4.78, 5) is 15.6. The number of nitrogens with two attached hydrogens (primary N) is 1. The zero-order valence-corrected chi connectivity index (χ0v) is 15.9. The number of hydrogen-bond donors (Lipinski definition) is 2. The van der Waals surface area contributed by atoms with Crippen molar-refractivity contribution in [2.24, 2.45) is 11.7 Å². The maximum Gasteiger partial charge on any atom is 0.239 e. The minimum Gasteiger partial charge on any atom is -0.383 e. The number of halogens is 2. The highest BCUT2D eigenvalue weighted by Gasteiger charge is 2.21. The number of nitrogens with zero attached hydrogens (tertiary/aromatic N) is 1. The van der Waals surface area contributed by atoms with Gasteiger partial charge in [-0.3, -0.25) is 9.69 Å². The summed E-state index contributed by atoms with van der Waals surface area (Å²) < 4.78 is 4.89. The van der Waals surface area contributed by atoms with E-state index in [1.165, 1.54) is 4.88 Å². The predicted molar refractivity (Wildman–Crippen MR) is 99.7 cm³/mol. The molecule has 3 N–H and O–H groups in total. The molecule has 134 valence electrons. The zero-order chi connectivity index (χ0) is 15.1. The Kier molecular flexibility index (Phi) is 11.9. The van der Waals surface area contributed by atoms with Gasteiger partial charge in [-0.15, -0.1) is 36.2 Å². The highest BCUT2D eigenvalue weighted by atomic mass is 35.5. The summed E-state index contributed by atoms with van der Waals surface area (Å²) in [5.74, 6) is 0.446. The molecule has 0 radical (unpaired) electrons. The second kappa shape index (κ2) is 12.1. The fourth-order valence-electron chi connectivity index (χ4n) is 2.60. The van der Waals surface area contributed by atoms with E-state index in [2.05, 4.69) is 27.7 Å². The van der Waals surface area contributed by atoms with Crippen molar-refractivity contribution in [2.75, 3.05) is 33.4 Å². The topological polar surface area (TPSA) is 67.6 Å². The third-order valence-corrected chi connectivity index (χ3v) is 4.78. The van der Waals surface area contributed by atoms with Gasteiger partial charge in [0.25, 0.3) is 0 Å². The molecule has 1 aromatic heterocycles. The Balaban J connectivity index is 0.00000242. The van der Waals surface area contributed by atoms with Gasteiger partial charge in [0.05, 0.1) is 6.61 Å². The number of methoxy groups -OCH3 is 1. The molecule has 1 aromatic rings. The van der Waals surface area contributed by atoms with Crippen molar-refractivity contribution in [3.63, 3.8) is 0 Å². The Bertz CT molecular complexity index is 426. The van der Waals surface area contributed by atoms with Crippen LogP contribution in [0, 0.1) is 5.92 Å². The highest BCUT2D eigenvalue weighted by molar-refractivity contribution is 7.09. The lowest BCUT2D eigenvalue weighted by Crippen LogP contribution is -2.46. The van der Waals surface area contributed by atoms with Crippen LogP contribution in [0.1, 0.15) is 17.7 Å². The van der Waals surface area contributed by atoms with Crippen LogP contribution in [0.4, 0.5) is 0 Å². The molecule has 1 unspecified atom stereocenters. The van der Waals surface area contributed by atoms with Crippen LogP contribution in [-0.4, -0.2) is 50.2 Å². The number of likely N-dealkylation sites (tertiary alicyclic amines) is 1. The van der Waals surface area contributed by atoms with Gasteiger partial charge in [-0.25, -0.2) is 0 Å². The van der Waals surface area contributed by atoms with E-state index in [-0.39, 0.29) is 37.3 Å². The van der Waals surface area contributed by atoms with Gasteiger partial charge in [0.2, 0.25) is 5.91 Å². The first-order chi connectivity index (χ1) is 10.2. The Labute approximate surface area is 154 Å². The van der Waals surface area contributed by atoms with Crippen LogP contribution in [0.3, 0.4) is 0 Å². The minimum absolute atomic E-state index is 0. The second-order valence-electron chi connectivity index (χ2n) is 5.61. The Morgan fingerprint density at radius 1 is 1.48 bits per heavy atom. The Hall–Kier alpha value is -0.370. The number of rotatable bonds is 7. The van der Waals surface area contributed by atoms with Gasteiger partial charge in [0.15, 0.2) is 0 Å². The van der Waals surface area contributed by atoms with Crippen LogP contribution in [0.25, 0.3) is 0 Å². The molecule has 5 nitrogen and oxygen atoms in total. The lowest BCUT2D eigenvalue weighted by Gasteiger charge is -2.31. The number of nitrogens with one attached hydrogen (secondary N) is 1. The molecule has 23 heavy (non-hydrogen) atoms. The third-order valence-electron chi connectivity index (χ3n) is 3.91. The molecule has 0 spiro atoms. The van der Waals surface area contributed by atoms with E-state index < -0.39 is 6.04 Å². The number of hydrogen-bond acceptors (Lipinski definition) is 5. The van der Waals surface area contributed by atoms with Crippen LogP contribution in [0.2, 0.25) is 0 Å². The molecule has 1 aliphatic heterocycles. The standard InChI is InChI=1S/C15H25N3O2S.2ClH/c1-20-11-14(16)15(19)17-9-12-4-6-18(7-5-12)10-13-3-2-8-21-13;;/h2-3,8,12,14H,4-7,9-11,16H2,1H3,(H,17,19);2*1H. The summed E-state index contributed by atoms with van der Waals surface area (Å²) in [7, 11) is 1.55.